The van der Waals surface area contributed by atoms with Crippen molar-refractivity contribution in [1.29, 1.82) is 0 Å². The number of hydrogen-bond acceptors (Lipinski definition) is 4. The van der Waals surface area contributed by atoms with Gasteiger partial charge >= 0.3 is 5.69 Å². The molecule has 174 valence electrons. The fourth-order valence-electron chi connectivity index (χ4n) is 4.36. The summed E-state index contributed by atoms with van der Waals surface area (Å²) in [7, 11) is 1.57. The standard InChI is InChI=1S/C28H24N4O3/c1-18-14-15-22(19(2)16-18)29-23-17-24(33)30(3)26-25(23)27(34)32(21-12-8-5-9-13-21)28(35)31(26)20-10-6-4-7-11-20/h4-17,29H,1-3H3. The maximum Gasteiger partial charge on any atom is 0.341 e. The average molecular weight is 465 g/mol. The van der Waals surface area contributed by atoms with E-state index in [1.807, 2.05) is 44.2 Å². The molecule has 3 aromatic carbocycles. The molecule has 2 heterocycles. The highest BCUT2D eigenvalue weighted by atomic mass is 16.2. The van der Waals surface area contributed by atoms with Crippen molar-refractivity contribution in [3.05, 3.63) is 127 Å². The van der Waals surface area contributed by atoms with Gasteiger partial charge in [0, 0.05) is 18.8 Å². The molecule has 2 aromatic heterocycles. The zero-order valence-corrected chi connectivity index (χ0v) is 19.6. The molecule has 0 saturated carbocycles. The van der Waals surface area contributed by atoms with Crippen LogP contribution in [0.25, 0.3) is 22.4 Å². The molecule has 7 nitrogen and oxygen atoms in total. The monoisotopic (exact) mass is 464 g/mol. The zero-order chi connectivity index (χ0) is 24.7. The van der Waals surface area contributed by atoms with Crippen LogP contribution in [0.15, 0.2) is 99.3 Å². The molecule has 0 unspecified atom stereocenters. The van der Waals surface area contributed by atoms with Crippen LogP contribution in [0.5, 0.6) is 0 Å². The lowest BCUT2D eigenvalue weighted by molar-refractivity contribution is 0.784. The first-order valence-corrected chi connectivity index (χ1v) is 11.2. The van der Waals surface area contributed by atoms with Crippen molar-refractivity contribution in [3.63, 3.8) is 0 Å². The van der Waals surface area contributed by atoms with Gasteiger partial charge in [0.05, 0.1) is 17.1 Å². The van der Waals surface area contributed by atoms with Gasteiger partial charge in [-0.15, -0.1) is 0 Å². The van der Waals surface area contributed by atoms with E-state index in [2.05, 4.69) is 5.32 Å². The summed E-state index contributed by atoms with van der Waals surface area (Å²) in [4.78, 5) is 40.8. The van der Waals surface area contributed by atoms with Crippen molar-refractivity contribution >= 4 is 22.4 Å². The number of aryl methyl sites for hydroxylation is 3. The summed E-state index contributed by atoms with van der Waals surface area (Å²) < 4.78 is 3.90. The highest BCUT2D eigenvalue weighted by Crippen LogP contribution is 2.26. The highest BCUT2D eigenvalue weighted by Gasteiger charge is 2.21. The number of nitrogens with one attached hydrogen (secondary N) is 1. The van der Waals surface area contributed by atoms with Crippen LogP contribution in [0.2, 0.25) is 0 Å². The topological polar surface area (TPSA) is 78.0 Å². The Kier molecular flexibility index (Phi) is 5.45. The molecule has 0 aliphatic carbocycles. The molecular formula is C28H24N4O3. The maximum absolute atomic E-state index is 13.9. The van der Waals surface area contributed by atoms with Crippen LogP contribution in [0.3, 0.4) is 0 Å². The smallest absolute Gasteiger partial charge is 0.341 e. The Bertz CT molecular complexity index is 1750. The molecule has 5 rings (SSSR count). The van der Waals surface area contributed by atoms with E-state index in [0.29, 0.717) is 17.1 Å². The van der Waals surface area contributed by atoms with Gasteiger partial charge in [0.25, 0.3) is 11.1 Å². The fraction of sp³-hybridized carbons (Fsp3) is 0.107. The molecule has 1 N–H and O–H groups in total. The van der Waals surface area contributed by atoms with Crippen molar-refractivity contribution < 1.29 is 0 Å². The second kappa shape index (κ2) is 8.61. The molecule has 0 aliphatic rings. The molecule has 0 aliphatic heterocycles. The van der Waals surface area contributed by atoms with Crippen molar-refractivity contribution in [1.82, 2.24) is 13.7 Å². The van der Waals surface area contributed by atoms with E-state index >= 15 is 0 Å². The molecular weight excluding hydrogens is 440 g/mol. The van der Waals surface area contributed by atoms with Crippen molar-refractivity contribution in [2.45, 2.75) is 13.8 Å². The van der Waals surface area contributed by atoms with E-state index in [1.54, 1.807) is 55.6 Å². The van der Waals surface area contributed by atoms with Crippen molar-refractivity contribution in [2.75, 3.05) is 5.32 Å². The number of aromatic nitrogens is 3. The molecule has 0 bridgehead atoms. The van der Waals surface area contributed by atoms with Gasteiger partial charge in [0.15, 0.2) is 0 Å². The second-order valence-electron chi connectivity index (χ2n) is 8.53. The molecule has 0 spiro atoms. The lowest BCUT2D eigenvalue weighted by Gasteiger charge is -2.19. The first-order valence-electron chi connectivity index (χ1n) is 11.2. The van der Waals surface area contributed by atoms with Gasteiger partial charge in [-0.1, -0.05) is 54.1 Å². The van der Waals surface area contributed by atoms with Gasteiger partial charge in [-0.3, -0.25) is 14.2 Å². The number of rotatable bonds is 4. The summed E-state index contributed by atoms with van der Waals surface area (Å²) in [5, 5.41) is 3.52. The number of pyridine rings is 1. The molecule has 5 aromatic rings. The Morgan fingerprint density at radius 2 is 1.29 bits per heavy atom. The van der Waals surface area contributed by atoms with Crippen LogP contribution in [-0.4, -0.2) is 13.7 Å². The lowest BCUT2D eigenvalue weighted by atomic mass is 10.1. The predicted molar refractivity (Wildman–Crippen MR) is 140 cm³/mol. The summed E-state index contributed by atoms with van der Waals surface area (Å²) >= 11 is 0. The highest BCUT2D eigenvalue weighted by molar-refractivity contribution is 5.92. The minimum Gasteiger partial charge on any atom is -0.354 e. The Balaban J connectivity index is 1.95. The molecule has 0 saturated heterocycles. The lowest BCUT2D eigenvalue weighted by Crippen LogP contribution is -2.40. The summed E-state index contributed by atoms with van der Waals surface area (Å²) in [5.74, 6) is 0. The van der Waals surface area contributed by atoms with Gasteiger partial charge in [-0.2, -0.15) is 0 Å². The Labute approximate surface area is 201 Å². The quantitative estimate of drug-likeness (QED) is 0.432. The van der Waals surface area contributed by atoms with Gasteiger partial charge in [-0.05, 0) is 49.7 Å². The molecule has 0 atom stereocenters. The van der Waals surface area contributed by atoms with E-state index in [9.17, 15) is 14.4 Å². The second-order valence-corrected chi connectivity index (χ2v) is 8.53. The van der Waals surface area contributed by atoms with Crippen LogP contribution >= 0.6 is 0 Å². The predicted octanol–water partition coefficient (Wildman–Crippen LogP) is 4.20. The Morgan fingerprint density at radius 1 is 0.686 bits per heavy atom. The average Bonchev–Trinajstić information content (AvgIpc) is 2.85. The third kappa shape index (κ3) is 3.77. The van der Waals surface area contributed by atoms with E-state index in [4.69, 9.17) is 0 Å². The van der Waals surface area contributed by atoms with Crippen LogP contribution in [-0.2, 0) is 7.05 Å². The van der Waals surface area contributed by atoms with Gasteiger partial charge in [-0.25, -0.2) is 13.9 Å². The Morgan fingerprint density at radius 3 is 1.89 bits per heavy atom. The van der Waals surface area contributed by atoms with E-state index in [-0.39, 0.29) is 16.6 Å². The SMILES string of the molecule is Cc1ccc(Nc2cc(=O)n(C)c3c2c(=O)n(-c2ccccc2)c(=O)n3-c2ccccc2)c(C)c1. The number of fused-ring (bicyclic) bond motifs is 1. The number of nitrogens with zero attached hydrogens (tertiary/aromatic N) is 3. The molecule has 0 amide bonds. The molecule has 0 radical (unpaired) electrons. The van der Waals surface area contributed by atoms with Crippen LogP contribution < -0.4 is 22.1 Å². The molecule has 7 heteroatoms. The minimum absolute atomic E-state index is 0.221. The first-order chi connectivity index (χ1) is 16.9. The van der Waals surface area contributed by atoms with E-state index in [1.165, 1.54) is 15.2 Å². The van der Waals surface area contributed by atoms with Gasteiger partial charge in [0.1, 0.15) is 11.0 Å². The van der Waals surface area contributed by atoms with Gasteiger partial charge < -0.3 is 5.32 Å². The summed E-state index contributed by atoms with van der Waals surface area (Å²) in [5.41, 5.74) is 2.99. The maximum atomic E-state index is 13.9. The van der Waals surface area contributed by atoms with Crippen LogP contribution in [0.1, 0.15) is 11.1 Å². The number of para-hydroxylation sites is 2. The largest absolute Gasteiger partial charge is 0.354 e. The number of benzene rings is 3. The molecule has 0 fully saturated rings. The van der Waals surface area contributed by atoms with Gasteiger partial charge in [0.2, 0.25) is 0 Å². The Hall–Kier alpha value is -4.65. The fourth-order valence-corrected chi connectivity index (χ4v) is 4.36. The third-order valence-electron chi connectivity index (χ3n) is 6.10. The summed E-state index contributed by atoms with van der Waals surface area (Å²) in [6.07, 6.45) is 0. The van der Waals surface area contributed by atoms with Crippen LogP contribution in [0.4, 0.5) is 11.4 Å². The van der Waals surface area contributed by atoms with Crippen LogP contribution in [0, 0.1) is 13.8 Å². The molecule has 35 heavy (non-hydrogen) atoms. The number of hydrogen-bond donors (Lipinski definition) is 1. The summed E-state index contributed by atoms with van der Waals surface area (Å²) in [6.45, 7) is 3.96. The first kappa shape index (κ1) is 22.2. The summed E-state index contributed by atoms with van der Waals surface area (Å²) in [6, 6.07) is 25.1. The van der Waals surface area contributed by atoms with Crippen molar-refractivity contribution in [2.24, 2.45) is 7.05 Å². The van der Waals surface area contributed by atoms with E-state index in [0.717, 1.165) is 21.4 Å². The van der Waals surface area contributed by atoms with Crippen molar-refractivity contribution in [3.8, 4) is 11.4 Å². The minimum atomic E-state index is -0.557. The third-order valence-corrected chi connectivity index (χ3v) is 6.10. The van der Waals surface area contributed by atoms with E-state index < -0.39 is 11.2 Å². The normalized spacial score (nSPS) is 11.1. The number of anilines is 2. The zero-order valence-electron chi connectivity index (χ0n) is 19.6.